The molecule has 136 valence electrons. The number of amides is 2. The zero-order valence-corrected chi connectivity index (χ0v) is 15.1. The lowest BCUT2D eigenvalue weighted by molar-refractivity contribution is -0.131. The second-order valence-electron chi connectivity index (χ2n) is 6.94. The fourth-order valence-electron chi connectivity index (χ4n) is 3.47. The number of hydrogen-bond donors (Lipinski definition) is 2. The molecule has 2 aromatic carbocycles. The van der Waals surface area contributed by atoms with Gasteiger partial charge < -0.3 is 10.6 Å². The molecule has 0 atom stereocenters. The summed E-state index contributed by atoms with van der Waals surface area (Å²) in [5.41, 5.74) is 2.89. The van der Waals surface area contributed by atoms with Crippen LogP contribution in [0.25, 0.3) is 0 Å². The Morgan fingerprint density at radius 1 is 1.04 bits per heavy atom. The molecular formula is C21H23FN2O2. The first-order valence-electron chi connectivity index (χ1n) is 8.83. The third kappa shape index (κ3) is 3.47. The highest BCUT2D eigenvalue weighted by molar-refractivity contribution is 5.97. The molecule has 2 N–H and O–H groups in total. The van der Waals surface area contributed by atoms with Crippen molar-refractivity contribution in [3.63, 3.8) is 0 Å². The average molecular weight is 354 g/mol. The van der Waals surface area contributed by atoms with Crippen molar-refractivity contribution >= 4 is 17.5 Å². The monoisotopic (exact) mass is 354 g/mol. The molecule has 2 amide bonds. The zero-order chi connectivity index (χ0) is 18.7. The molecular weight excluding hydrogens is 331 g/mol. The molecule has 1 saturated carbocycles. The van der Waals surface area contributed by atoms with Crippen molar-refractivity contribution in [2.45, 2.75) is 38.5 Å². The smallest absolute Gasteiger partial charge is 0.243 e. The van der Waals surface area contributed by atoms with Gasteiger partial charge in [-0.2, -0.15) is 0 Å². The van der Waals surface area contributed by atoms with Crippen molar-refractivity contribution in [1.82, 2.24) is 5.32 Å². The highest BCUT2D eigenvalue weighted by Gasteiger charge is 2.45. The first-order chi connectivity index (χ1) is 12.4. The molecule has 1 aliphatic rings. The third-order valence-electron chi connectivity index (χ3n) is 5.19. The molecule has 0 radical (unpaired) electrons. The maximum atomic E-state index is 13.2. The van der Waals surface area contributed by atoms with Crippen LogP contribution in [-0.2, 0) is 15.0 Å². The minimum atomic E-state index is -0.646. The van der Waals surface area contributed by atoms with E-state index in [0.717, 1.165) is 28.8 Å². The van der Waals surface area contributed by atoms with Gasteiger partial charge in [-0.25, -0.2) is 4.39 Å². The summed E-state index contributed by atoms with van der Waals surface area (Å²) in [5.74, 6) is -0.757. The van der Waals surface area contributed by atoms with Gasteiger partial charge in [0.25, 0.3) is 0 Å². The molecule has 0 aromatic heterocycles. The van der Waals surface area contributed by atoms with E-state index in [0.29, 0.717) is 12.8 Å². The summed E-state index contributed by atoms with van der Waals surface area (Å²) in [7, 11) is 0. The van der Waals surface area contributed by atoms with Gasteiger partial charge in [0.05, 0.1) is 12.0 Å². The second kappa shape index (κ2) is 7.28. The normalized spacial score (nSPS) is 15.0. The van der Waals surface area contributed by atoms with Crippen LogP contribution in [0.15, 0.2) is 42.5 Å². The van der Waals surface area contributed by atoms with Gasteiger partial charge in [0.15, 0.2) is 0 Å². The van der Waals surface area contributed by atoms with Gasteiger partial charge in [0.2, 0.25) is 11.8 Å². The Labute approximate surface area is 152 Å². The number of anilines is 1. The molecule has 1 fully saturated rings. The summed E-state index contributed by atoms with van der Waals surface area (Å²) in [6.45, 7) is 3.77. The number of benzene rings is 2. The predicted octanol–water partition coefficient (Wildman–Crippen LogP) is 3.62. The molecule has 4 nitrogen and oxygen atoms in total. The van der Waals surface area contributed by atoms with E-state index >= 15 is 0 Å². The highest BCUT2D eigenvalue weighted by Crippen LogP contribution is 2.43. The summed E-state index contributed by atoms with van der Waals surface area (Å²) >= 11 is 0. The maximum Gasteiger partial charge on any atom is 0.243 e. The Kier molecular flexibility index (Phi) is 5.07. The first kappa shape index (κ1) is 18.1. The quantitative estimate of drug-likeness (QED) is 0.862. The van der Waals surface area contributed by atoms with Gasteiger partial charge in [-0.3, -0.25) is 9.59 Å². The summed E-state index contributed by atoms with van der Waals surface area (Å²) in [6, 6.07) is 11.9. The minimum absolute atomic E-state index is 0.0877. The van der Waals surface area contributed by atoms with Crippen LogP contribution in [0.3, 0.4) is 0 Å². The molecule has 2 aromatic rings. The van der Waals surface area contributed by atoms with Crippen LogP contribution in [0.2, 0.25) is 0 Å². The van der Waals surface area contributed by atoms with E-state index in [-0.39, 0.29) is 24.2 Å². The SMILES string of the molecule is Cc1cccc(C)c1NC(=O)CNC(=O)C1(c2ccc(F)cc2)CCC1. The minimum Gasteiger partial charge on any atom is -0.346 e. The lowest BCUT2D eigenvalue weighted by atomic mass is 9.64. The van der Waals surface area contributed by atoms with Crippen LogP contribution in [0, 0.1) is 19.7 Å². The average Bonchev–Trinajstić information content (AvgIpc) is 2.57. The maximum absolute atomic E-state index is 13.2. The van der Waals surface area contributed by atoms with Crippen LogP contribution >= 0.6 is 0 Å². The van der Waals surface area contributed by atoms with E-state index in [1.807, 2.05) is 32.0 Å². The third-order valence-corrected chi connectivity index (χ3v) is 5.19. The Morgan fingerprint density at radius 2 is 1.65 bits per heavy atom. The topological polar surface area (TPSA) is 58.2 Å². The van der Waals surface area contributed by atoms with Gasteiger partial charge in [-0.05, 0) is 55.5 Å². The number of para-hydroxylation sites is 1. The Bertz CT molecular complexity index is 806. The molecule has 1 aliphatic carbocycles. The number of aryl methyl sites for hydroxylation is 2. The van der Waals surface area contributed by atoms with Crippen molar-refractivity contribution in [1.29, 1.82) is 0 Å². The molecule has 0 aliphatic heterocycles. The summed E-state index contributed by atoms with van der Waals surface area (Å²) in [4.78, 5) is 25.0. The Morgan fingerprint density at radius 3 is 2.19 bits per heavy atom. The van der Waals surface area contributed by atoms with Gasteiger partial charge in [0.1, 0.15) is 5.82 Å². The highest BCUT2D eigenvalue weighted by atomic mass is 19.1. The van der Waals surface area contributed by atoms with E-state index < -0.39 is 5.41 Å². The largest absolute Gasteiger partial charge is 0.346 e. The molecule has 3 rings (SSSR count). The second-order valence-corrected chi connectivity index (χ2v) is 6.94. The number of carbonyl (C=O) groups is 2. The van der Waals surface area contributed by atoms with E-state index in [1.54, 1.807) is 12.1 Å². The lowest BCUT2D eigenvalue weighted by Gasteiger charge is -2.40. The molecule has 0 saturated heterocycles. The van der Waals surface area contributed by atoms with E-state index in [1.165, 1.54) is 12.1 Å². The van der Waals surface area contributed by atoms with Crippen molar-refractivity contribution in [3.05, 3.63) is 65.0 Å². The fourth-order valence-corrected chi connectivity index (χ4v) is 3.47. The van der Waals surface area contributed by atoms with Crippen LogP contribution in [0.1, 0.15) is 36.0 Å². The lowest BCUT2D eigenvalue weighted by Crippen LogP contribution is -2.50. The summed E-state index contributed by atoms with van der Waals surface area (Å²) in [6.07, 6.45) is 2.37. The van der Waals surface area contributed by atoms with Gasteiger partial charge in [-0.1, -0.05) is 36.8 Å². The number of halogens is 1. The molecule has 26 heavy (non-hydrogen) atoms. The summed E-state index contributed by atoms with van der Waals surface area (Å²) < 4.78 is 13.2. The van der Waals surface area contributed by atoms with E-state index in [9.17, 15) is 14.0 Å². The van der Waals surface area contributed by atoms with Crippen molar-refractivity contribution in [2.24, 2.45) is 0 Å². The molecule has 0 unspecified atom stereocenters. The number of carbonyl (C=O) groups excluding carboxylic acids is 2. The van der Waals surface area contributed by atoms with Crippen molar-refractivity contribution in [3.8, 4) is 0 Å². The van der Waals surface area contributed by atoms with Gasteiger partial charge in [0, 0.05) is 5.69 Å². The molecule has 5 heteroatoms. The van der Waals surface area contributed by atoms with Crippen molar-refractivity contribution in [2.75, 3.05) is 11.9 Å². The summed E-state index contributed by atoms with van der Waals surface area (Å²) in [5, 5.41) is 5.62. The number of nitrogens with one attached hydrogen (secondary N) is 2. The van der Waals surface area contributed by atoms with E-state index in [2.05, 4.69) is 10.6 Å². The van der Waals surface area contributed by atoms with Crippen LogP contribution in [0.5, 0.6) is 0 Å². The Balaban J connectivity index is 1.64. The van der Waals surface area contributed by atoms with Gasteiger partial charge in [-0.15, -0.1) is 0 Å². The molecule has 0 bridgehead atoms. The van der Waals surface area contributed by atoms with Gasteiger partial charge >= 0.3 is 0 Å². The number of rotatable bonds is 5. The standard InChI is InChI=1S/C21H23FN2O2/c1-14-5-3-6-15(2)19(14)24-18(25)13-23-20(26)21(11-4-12-21)16-7-9-17(22)10-8-16/h3,5-10H,4,11-13H2,1-2H3,(H,23,26)(H,24,25). The number of hydrogen-bond acceptors (Lipinski definition) is 2. The van der Waals surface area contributed by atoms with Crippen LogP contribution < -0.4 is 10.6 Å². The Hall–Kier alpha value is -2.69. The fraction of sp³-hybridized carbons (Fsp3) is 0.333. The van der Waals surface area contributed by atoms with Crippen LogP contribution in [-0.4, -0.2) is 18.4 Å². The van der Waals surface area contributed by atoms with E-state index in [4.69, 9.17) is 0 Å². The molecule has 0 spiro atoms. The van der Waals surface area contributed by atoms with Crippen LogP contribution in [0.4, 0.5) is 10.1 Å². The predicted molar refractivity (Wildman–Crippen MR) is 99.5 cm³/mol. The zero-order valence-electron chi connectivity index (χ0n) is 15.1. The molecule has 0 heterocycles. The van der Waals surface area contributed by atoms with Crippen molar-refractivity contribution < 1.29 is 14.0 Å². The first-order valence-corrected chi connectivity index (χ1v) is 8.83.